The molecule has 0 aliphatic carbocycles. The summed E-state index contributed by atoms with van der Waals surface area (Å²) in [5, 5.41) is 3.01. The van der Waals surface area contributed by atoms with Gasteiger partial charge >= 0.3 is 0 Å². The van der Waals surface area contributed by atoms with Gasteiger partial charge in [0.1, 0.15) is 12.4 Å². The molecule has 0 fully saturated rings. The van der Waals surface area contributed by atoms with Crippen LogP contribution in [-0.4, -0.2) is 33.3 Å². The molecule has 3 N–H and O–H groups in total. The Hall–Kier alpha value is -2.89. The van der Waals surface area contributed by atoms with E-state index in [0.29, 0.717) is 30.6 Å². The molecule has 0 aliphatic heterocycles. The van der Waals surface area contributed by atoms with E-state index in [0.717, 1.165) is 11.4 Å². The predicted octanol–water partition coefficient (Wildman–Crippen LogP) is 2.82. The van der Waals surface area contributed by atoms with Crippen LogP contribution < -0.4 is 25.3 Å². The molecule has 0 saturated carbocycles. The van der Waals surface area contributed by atoms with Crippen molar-refractivity contribution in [1.82, 2.24) is 0 Å². The Morgan fingerprint density at radius 3 is 2.42 bits per heavy atom. The van der Waals surface area contributed by atoms with Gasteiger partial charge in [-0.1, -0.05) is 17.7 Å². The highest BCUT2D eigenvalue weighted by molar-refractivity contribution is 5.92. The predicted molar refractivity (Wildman–Crippen MR) is 96.3 cm³/mol. The largest absolute Gasteiger partial charge is 0.493 e. The number of hydrogen-bond acceptors (Lipinski definition) is 4. The maximum atomic E-state index is 5.88. The fourth-order valence-electron chi connectivity index (χ4n) is 2.07. The van der Waals surface area contributed by atoms with Gasteiger partial charge in [-0.2, -0.15) is 0 Å². The first-order valence-corrected chi connectivity index (χ1v) is 7.61. The van der Waals surface area contributed by atoms with Crippen LogP contribution in [0.25, 0.3) is 0 Å². The van der Waals surface area contributed by atoms with Crippen LogP contribution in [0.4, 0.5) is 5.69 Å². The van der Waals surface area contributed by atoms with Crippen LogP contribution in [0.3, 0.4) is 0 Å². The Balaban J connectivity index is 1.84. The quantitative estimate of drug-likeness (QED) is 0.464. The Kier molecular flexibility index (Phi) is 6.31. The number of methoxy groups -OCH3 is 2. The minimum Gasteiger partial charge on any atom is -0.493 e. The van der Waals surface area contributed by atoms with E-state index in [1.807, 2.05) is 37.3 Å². The van der Waals surface area contributed by atoms with E-state index in [2.05, 4.69) is 10.3 Å². The number of aliphatic imine (C=N–C) groups is 1. The molecule has 0 amide bonds. The molecule has 0 unspecified atom stereocenters. The summed E-state index contributed by atoms with van der Waals surface area (Å²) >= 11 is 0. The monoisotopic (exact) mass is 329 g/mol. The smallest absolute Gasteiger partial charge is 0.193 e. The topological polar surface area (TPSA) is 78.1 Å². The lowest BCUT2D eigenvalue weighted by molar-refractivity contribution is 0.328. The number of nitrogens with one attached hydrogen (secondary N) is 1. The number of aryl methyl sites for hydroxylation is 1. The summed E-state index contributed by atoms with van der Waals surface area (Å²) < 4.78 is 16.0. The van der Waals surface area contributed by atoms with Crippen LogP contribution >= 0.6 is 0 Å². The van der Waals surface area contributed by atoms with Gasteiger partial charge in [0.25, 0.3) is 0 Å². The average Bonchev–Trinajstić information content (AvgIpc) is 2.60. The lowest BCUT2D eigenvalue weighted by Gasteiger charge is -2.11. The molecule has 128 valence electrons. The highest BCUT2D eigenvalue weighted by Gasteiger charge is 2.05. The Bertz CT molecular complexity index is 684. The molecule has 6 heteroatoms. The zero-order chi connectivity index (χ0) is 17.4. The number of nitrogens with zero attached hydrogens (tertiary/aromatic N) is 1. The highest BCUT2D eigenvalue weighted by atomic mass is 16.5. The van der Waals surface area contributed by atoms with Crippen molar-refractivity contribution < 1.29 is 14.2 Å². The summed E-state index contributed by atoms with van der Waals surface area (Å²) in [7, 11) is 3.18. The van der Waals surface area contributed by atoms with E-state index in [1.54, 1.807) is 26.4 Å². The summed E-state index contributed by atoms with van der Waals surface area (Å²) in [6, 6.07) is 13.3. The molecule has 2 aromatic rings. The minimum atomic E-state index is 0.315. The minimum absolute atomic E-state index is 0.315. The first-order chi connectivity index (χ1) is 11.6. The first-order valence-electron chi connectivity index (χ1n) is 7.61. The molecule has 2 rings (SSSR count). The molecule has 0 aliphatic rings. The molecular formula is C18H23N3O3. The van der Waals surface area contributed by atoms with Crippen molar-refractivity contribution in [3.8, 4) is 17.2 Å². The molecule has 0 saturated heterocycles. The van der Waals surface area contributed by atoms with Crippen LogP contribution in [0.15, 0.2) is 47.5 Å². The van der Waals surface area contributed by atoms with Gasteiger partial charge in [-0.3, -0.25) is 0 Å². The Labute approximate surface area is 142 Å². The fraction of sp³-hybridized carbons (Fsp3) is 0.278. The summed E-state index contributed by atoms with van der Waals surface area (Å²) in [5.74, 6) is 2.42. The fourth-order valence-corrected chi connectivity index (χ4v) is 2.07. The van der Waals surface area contributed by atoms with Crippen molar-refractivity contribution >= 4 is 11.6 Å². The zero-order valence-corrected chi connectivity index (χ0v) is 14.2. The highest BCUT2D eigenvalue weighted by Crippen LogP contribution is 2.29. The third-order valence-corrected chi connectivity index (χ3v) is 3.32. The SMILES string of the molecule is COc1ccc(NC(N)=NCCOc2ccc(C)cc2)cc1OC. The zero-order valence-electron chi connectivity index (χ0n) is 14.2. The number of ether oxygens (including phenoxy) is 3. The molecular weight excluding hydrogens is 306 g/mol. The van der Waals surface area contributed by atoms with Crippen molar-refractivity contribution in [3.05, 3.63) is 48.0 Å². The van der Waals surface area contributed by atoms with Gasteiger partial charge in [0, 0.05) is 11.8 Å². The third kappa shape index (κ3) is 5.08. The molecule has 24 heavy (non-hydrogen) atoms. The second-order valence-corrected chi connectivity index (χ2v) is 5.12. The van der Waals surface area contributed by atoms with E-state index < -0.39 is 0 Å². The summed E-state index contributed by atoms with van der Waals surface area (Å²) in [4.78, 5) is 4.24. The van der Waals surface area contributed by atoms with Crippen molar-refractivity contribution in [2.75, 3.05) is 32.7 Å². The van der Waals surface area contributed by atoms with Crippen molar-refractivity contribution in [2.24, 2.45) is 10.7 Å². The molecule has 0 bridgehead atoms. The number of anilines is 1. The van der Waals surface area contributed by atoms with Gasteiger partial charge in [-0.05, 0) is 31.2 Å². The number of benzene rings is 2. The van der Waals surface area contributed by atoms with Gasteiger partial charge in [0.15, 0.2) is 17.5 Å². The van der Waals surface area contributed by atoms with Crippen LogP contribution in [0.2, 0.25) is 0 Å². The molecule has 0 aromatic heterocycles. The maximum absolute atomic E-state index is 5.88. The van der Waals surface area contributed by atoms with Gasteiger partial charge in [-0.15, -0.1) is 0 Å². The number of rotatable bonds is 7. The molecule has 2 aromatic carbocycles. The summed E-state index contributed by atoms with van der Waals surface area (Å²) in [6.07, 6.45) is 0. The lowest BCUT2D eigenvalue weighted by atomic mass is 10.2. The van der Waals surface area contributed by atoms with Gasteiger partial charge in [0.05, 0.1) is 20.8 Å². The van der Waals surface area contributed by atoms with Crippen LogP contribution in [0.1, 0.15) is 5.56 Å². The molecule has 6 nitrogen and oxygen atoms in total. The summed E-state index contributed by atoms with van der Waals surface area (Å²) in [6.45, 7) is 2.95. The lowest BCUT2D eigenvalue weighted by Crippen LogP contribution is -2.23. The van der Waals surface area contributed by atoms with E-state index in [-0.39, 0.29) is 0 Å². The maximum Gasteiger partial charge on any atom is 0.193 e. The molecule has 0 heterocycles. The van der Waals surface area contributed by atoms with Gasteiger partial charge < -0.3 is 25.3 Å². The van der Waals surface area contributed by atoms with Gasteiger partial charge in [-0.25, -0.2) is 4.99 Å². The second-order valence-electron chi connectivity index (χ2n) is 5.12. The van der Waals surface area contributed by atoms with Gasteiger partial charge in [0.2, 0.25) is 0 Å². The van der Waals surface area contributed by atoms with Crippen LogP contribution in [0.5, 0.6) is 17.2 Å². The number of hydrogen-bond donors (Lipinski definition) is 2. The number of guanidine groups is 1. The van der Waals surface area contributed by atoms with Crippen LogP contribution in [-0.2, 0) is 0 Å². The normalized spacial score (nSPS) is 11.0. The van der Waals surface area contributed by atoms with Crippen molar-refractivity contribution in [3.63, 3.8) is 0 Å². The Morgan fingerprint density at radius 2 is 1.75 bits per heavy atom. The third-order valence-electron chi connectivity index (χ3n) is 3.32. The van der Waals surface area contributed by atoms with Crippen molar-refractivity contribution in [2.45, 2.75) is 6.92 Å². The molecule has 0 radical (unpaired) electrons. The summed E-state index contributed by atoms with van der Waals surface area (Å²) in [5.41, 5.74) is 7.85. The first kappa shape index (κ1) is 17.5. The van der Waals surface area contributed by atoms with E-state index in [9.17, 15) is 0 Å². The Morgan fingerprint density at radius 1 is 1.04 bits per heavy atom. The van der Waals surface area contributed by atoms with E-state index >= 15 is 0 Å². The average molecular weight is 329 g/mol. The second kappa shape index (κ2) is 8.67. The number of nitrogens with two attached hydrogens (primary N) is 1. The molecule has 0 spiro atoms. The standard InChI is InChI=1S/C18H23N3O3/c1-13-4-7-15(8-5-13)24-11-10-20-18(19)21-14-6-9-16(22-2)17(12-14)23-3/h4-9,12H,10-11H2,1-3H3,(H3,19,20,21). The van der Waals surface area contributed by atoms with E-state index in [4.69, 9.17) is 19.9 Å². The van der Waals surface area contributed by atoms with Crippen LogP contribution in [0, 0.1) is 6.92 Å². The van der Waals surface area contributed by atoms with E-state index in [1.165, 1.54) is 5.56 Å². The molecule has 0 atom stereocenters. The van der Waals surface area contributed by atoms with Crippen molar-refractivity contribution in [1.29, 1.82) is 0 Å².